The van der Waals surface area contributed by atoms with E-state index in [1.54, 1.807) is 0 Å². The van der Waals surface area contributed by atoms with Crippen LogP contribution in [0.5, 0.6) is 0 Å². The number of carboxylic acids is 1. The Morgan fingerprint density at radius 3 is 1.85 bits per heavy atom. The number of carboxylic acid groups (broad SMARTS) is 1. The third kappa shape index (κ3) is 13.0. The maximum atomic E-state index is 12.9. The Kier molecular flexibility index (Phi) is 15.1. The highest BCUT2D eigenvalue weighted by molar-refractivity contribution is 7.80. The highest BCUT2D eigenvalue weighted by Gasteiger charge is 2.30. The van der Waals surface area contributed by atoms with Gasteiger partial charge in [-0.1, -0.05) is 13.8 Å². The van der Waals surface area contributed by atoms with E-state index in [9.17, 15) is 24.0 Å². The van der Waals surface area contributed by atoms with Crippen LogP contribution in [0.4, 0.5) is 0 Å². The Morgan fingerprint density at radius 2 is 1.39 bits per heavy atom. The van der Waals surface area contributed by atoms with E-state index in [0.29, 0.717) is 25.8 Å². The molecule has 0 aliphatic carbocycles. The maximum Gasteiger partial charge on any atom is 0.327 e. The highest BCUT2D eigenvalue weighted by Crippen LogP contribution is 2.07. The molecule has 190 valence electrons. The van der Waals surface area contributed by atoms with E-state index in [-0.39, 0.29) is 30.9 Å². The molecule has 0 aromatic rings. The Hall–Kier alpha value is -2.38. The largest absolute Gasteiger partial charge is 0.480 e. The summed E-state index contributed by atoms with van der Waals surface area (Å²) < 4.78 is 0. The van der Waals surface area contributed by atoms with Crippen LogP contribution in [0.25, 0.3) is 0 Å². The van der Waals surface area contributed by atoms with E-state index in [2.05, 4.69) is 28.6 Å². The van der Waals surface area contributed by atoms with Crippen molar-refractivity contribution in [2.75, 3.05) is 12.3 Å². The molecule has 4 amide bonds. The SMILES string of the molecule is CC(C)CC(N)C(=O)NC(CCC(N)=O)C(=O)NC(CCCCN)C(=O)NC(CS)C(=O)O. The van der Waals surface area contributed by atoms with Crippen LogP contribution in [-0.2, 0) is 24.0 Å². The lowest BCUT2D eigenvalue weighted by Gasteiger charge is -2.25. The maximum absolute atomic E-state index is 12.9. The molecule has 4 unspecified atom stereocenters. The number of thiol groups is 1. The summed E-state index contributed by atoms with van der Waals surface area (Å²) >= 11 is 3.91. The molecule has 0 aliphatic heterocycles. The number of nitrogens with two attached hydrogens (primary N) is 3. The summed E-state index contributed by atoms with van der Waals surface area (Å²) in [5.74, 6) is -3.92. The molecule has 0 bridgehead atoms. The fourth-order valence-electron chi connectivity index (χ4n) is 2.94. The Morgan fingerprint density at radius 1 is 0.879 bits per heavy atom. The average molecular weight is 491 g/mol. The summed E-state index contributed by atoms with van der Waals surface area (Å²) in [5.41, 5.74) is 16.5. The Bertz CT molecular complexity index is 677. The molecule has 0 spiro atoms. The van der Waals surface area contributed by atoms with Crippen LogP contribution in [0.1, 0.15) is 52.4 Å². The van der Waals surface area contributed by atoms with Crippen molar-refractivity contribution in [3.05, 3.63) is 0 Å². The number of primary amides is 1. The number of carbonyl (C=O) groups excluding carboxylic acids is 4. The van der Waals surface area contributed by atoms with E-state index in [0.717, 1.165) is 0 Å². The monoisotopic (exact) mass is 490 g/mol. The number of nitrogens with one attached hydrogen (secondary N) is 3. The molecule has 0 fully saturated rings. The first kappa shape index (κ1) is 30.6. The molecule has 13 heteroatoms. The summed E-state index contributed by atoms with van der Waals surface area (Å²) in [7, 11) is 0. The predicted molar refractivity (Wildman–Crippen MR) is 126 cm³/mol. The third-order valence-electron chi connectivity index (χ3n) is 4.75. The number of rotatable bonds is 17. The highest BCUT2D eigenvalue weighted by atomic mass is 32.1. The van der Waals surface area contributed by atoms with E-state index in [1.165, 1.54) is 0 Å². The third-order valence-corrected chi connectivity index (χ3v) is 5.12. The van der Waals surface area contributed by atoms with Crippen molar-refractivity contribution >= 4 is 42.2 Å². The van der Waals surface area contributed by atoms with Crippen molar-refractivity contribution in [2.24, 2.45) is 23.1 Å². The van der Waals surface area contributed by atoms with Gasteiger partial charge in [-0.2, -0.15) is 12.6 Å². The van der Waals surface area contributed by atoms with E-state index < -0.39 is 53.8 Å². The van der Waals surface area contributed by atoms with Gasteiger partial charge in [-0.05, 0) is 44.6 Å². The van der Waals surface area contributed by atoms with Gasteiger partial charge in [0.1, 0.15) is 18.1 Å². The van der Waals surface area contributed by atoms with Gasteiger partial charge in [-0.3, -0.25) is 19.2 Å². The minimum Gasteiger partial charge on any atom is -0.480 e. The average Bonchev–Trinajstić information content (AvgIpc) is 2.72. The molecular weight excluding hydrogens is 452 g/mol. The van der Waals surface area contributed by atoms with Gasteiger partial charge in [0.2, 0.25) is 23.6 Å². The quantitative estimate of drug-likeness (QED) is 0.0858. The standard InChI is InChI=1S/C20H38N6O6S/c1-11(2)9-12(22)17(28)24-14(6-7-16(23)27)19(30)25-13(5-3-4-8-21)18(29)26-15(10-33)20(31)32/h11-15,33H,3-10,21-22H2,1-2H3,(H2,23,27)(H,24,28)(H,25,30)(H,26,29)(H,31,32). The van der Waals surface area contributed by atoms with Crippen molar-refractivity contribution in [1.82, 2.24) is 16.0 Å². The van der Waals surface area contributed by atoms with E-state index in [4.69, 9.17) is 22.3 Å². The van der Waals surface area contributed by atoms with Gasteiger partial charge in [-0.25, -0.2) is 4.79 Å². The zero-order valence-corrected chi connectivity index (χ0v) is 20.1. The fraction of sp³-hybridized carbons (Fsp3) is 0.750. The van der Waals surface area contributed by atoms with Crippen LogP contribution in [0.2, 0.25) is 0 Å². The Labute approximate surface area is 199 Å². The van der Waals surface area contributed by atoms with Crippen molar-refractivity contribution in [3.63, 3.8) is 0 Å². The van der Waals surface area contributed by atoms with Gasteiger partial charge in [0.15, 0.2) is 0 Å². The first-order valence-electron chi connectivity index (χ1n) is 10.9. The second kappa shape index (κ2) is 16.3. The van der Waals surface area contributed by atoms with E-state index >= 15 is 0 Å². The molecular formula is C20H38N6O6S. The van der Waals surface area contributed by atoms with Crippen LogP contribution >= 0.6 is 12.6 Å². The second-order valence-electron chi connectivity index (χ2n) is 8.23. The van der Waals surface area contributed by atoms with Gasteiger partial charge in [0, 0.05) is 12.2 Å². The summed E-state index contributed by atoms with van der Waals surface area (Å²) in [6, 6.07) is -4.34. The minimum absolute atomic E-state index is 0.0904. The first-order valence-corrected chi connectivity index (χ1v) is 11.5. The normalized spacial score (nSPS) is 14.6. The summed E-state index contributed by atoms with van der Waals surface area (Å²) in [5, 5.41) is 16.5. The number of amides is 4. The molecule has 0 heterocycles. The zero-order valence-electron chi connectivity index (χ0n) is 19.2. The molecule has 0 aromatic heterocycles. The lowest BCUT2D eigenvalue weighted by molar-refractivity contribution is -0.141. The molecule has 10 N–H and O–H groups in total. The summed E-state index contributed by atoms with van der Waals surface area (Å²) in [6.45, 7) is 4.16. The second-order valence-corrected chi connectivity index (χ2v) is 8.59. The number of aliphatic carboxylic acids is 1. The van der Waals surface area contributed by atoms with Crippen molar-refractivity contribution in [1.29, 1.82) is 0 Å². The van der Waals surface area contributed by atoms with Crippen LogP contribution < -0.4 is 33.2 Å². The smallest absolute Gasteiger partial charge is 0.327 e. The summed E-state index contributed by atoms with van der Waals surface area (Å²) in [4.78, 5) is 60.4. The van der Waals surface area contributed by atoms with Crippen LogP contribution in [0, 0.1) is 5.92 Å². The molecule has 0 rings (SSSR count). The summed E-state index contributed by atoms with van der Waals surface area (Å²) in [6.07, 6.45) is 1.39. The molecule has 0 radical (unpaired) electrons. The van der Waals surface area contributed by atoms with Gasteiger partial charge in [-0.15, -0.1) is 0 Å². The van der Waals surface area contributed by atoms with Gasteiger partial charge in [0.05, 0.1) is 6.04 Å². The van der Waals surface area contributed by atoms with Crippen LogP contribution in [0.15, 0.2) is 0 Å². The van der Waals surface area contributed by atoms with Crippen molar-refractivity contribution < 1.29 is 29.1 Å². The number of hydrogen-bond acceptors (Lipinski definition) is 8. The molecule has 4 atom stereocenters. The number of hydrogen-bond donors (Lipinski definition) is 8. The fourth-order valence-corrected chi connectivity index (χ4v) is 3.19. The predicted octanol–water partition coefficient (Wildman–Crippen LogP) is -1.78. The molecule has 0 saturated heterocycles. The van der Waals surface area contributed by atoms with E-state index in [1.807, 2.05) is 13.8 Å². The number of unbranched alkanes of at least 4 members (excludes halogenated alkanes) is 1. The van der Waals surface area contributed by atoms with Crippen molar-refractivity contribution in [3.8, 4) is 0 Å². The first-order chi connectivity index (χ1) is 15.4. The van der Waals surface area contributed by atoms with Crippen LogP contribution in [0.3, 0.4) is 0 Å². The molecule has 33 heavy (non-hydrogen) atoms. The number of carbonyl (C=O) groups is 5. The zero-order chi connectivity index (χ0) is 25.6. The van der Waals surface area contributed by atoms with Crippen molar-refractivity contribution in [2.45, 2.75) is 76.5 Å². The van der Waals surface area contributed by atoms with Gasteiger partial charge < -0.3 is 38.3 Å². The molecule has 0 aromatic carbocycles. The molecule has 0 aliphatic rings. The van der Waals surface area contributed by atoms with Gasteiger partial charge >= 0.3 is 5.97 Å². The molecule has 12 nitrogen and oxygen atoms in total. The Balaban J connectivity index is 5.47. The minimum atomic E-state index is -1.27. The lowest BCUT2D eigenvalue weighted by atomic mass is 10.0. The lowest BCUT2D eigenvalue weighted by Crippen LogP contribution is -2.57. The van der Waals surface area contributed by atoms with Crippen LogP contribution in [-0.4, -0.2) is 71.2 Å². The topological polar surface area (TPSA) is 220 Å². The molecule has 0 saturated carbocycles. The van der Waals surface area contributed by atoms with Gasteiger partial charge in [0.25, 0.3) is 0 Å².